The fourth-order valence-corrected chi connectivity index (χ4v) is 4.89. The minimum atomic E-state index is -0.167. The van der Waals surface area contributed by atoms with E-state index < -0.39 is 0 Å². The summed E-state index contributed by atoms with van der Waals surface area (Å²) in [5.74, 6) is 0.517. The van der Waals surface area contributed by atoms with E-state index in [0.29, 0.717) is 36.8 Å². The molecule has 1 aliphatic rings. The van der Waals surface area contributed by atoms with Crippen LogP contribution in [0.2, 0.25) is 0 Å². The maximum atomic E-state index is 13.0. The fraction of sp³-hybridized carbons (Fsp3) is 0.545. The van der Waals surface area contributed by atoms with Crippen LogP contribution < -0.4 is 10.6 Å². The van der Waals surface area contributed by atoms with E-state index >= 15 is 0 Å². The number of nitrogens with one attached hydrogen (secondary N) is 2. The van der Waals surface area contributed by atoms with Crippen LogP contribution in [0.4, 0.5) is 5.13 Å². The van der Waals surface area contributed by atoms with Crippen molar-refractivity contribution in [3.05, 3.63) is 29.3 Å². The van der Waals surface area contributed by atoms with Gasteiger partial charge in [-0.3, -0.25) is 14.3 Å². The second-order valence-corrected chi connectivity index (χ2v) is 9.06. The largest absolute Gasteiger partial charge is 0.499 e. The third-order valence-electron chi connectivity index (χ3n) is 5.11. The third kappa shape index (κ3) is 4.98. The lowest BCUT2D eigenvalue weighted by molar-refractivity contribution is -0.114. The molecule has 0 aromatic carbocycles. The molecule has 1 atom stereocenters. The Morgan fingerprint density at radius 2 is 2.13 bits per heavy atom. The van der Waals surface area contributed by atoms with Crippen LogP contribution in [0.1, 0.15) is 81.2 Å². The second kappa shape index (κ2) is 9.64. The lowest BCUT2D eigenvalue weighted by Gasteiger charge is -2.21. The topological polar surface area (TPSA) is 98.1 Å². The molecule has 168 valence electrons. The molecule has 1 aliphatic carbocycles. The summed E-state index contributed by atoms with van der Waals surface area (Å²) >= 11 is 1.44. The van der Waals surface area contributed by atoms with Gasteiger partial charge in [0.2, 0.25) is 5.91 Å². The number of hydrogen-bond acceptors (Lipinski definition) is 6. The van der Waals surface area contributed by atoms with Crippen LogP contribution in [0.25, 0.3) is 10.6 Å². The molecule has 2 aromatic rings. The first-order chi connectivity index (χ1) is 14.7. The molecule has 31 heavy (non-hydrogen) atoms. The van der Waals surface area contributed by atoms with Crippen molar-refractivity contribution in [2.24, 2.45) is 0 Å². The monoisotopic (exact) mass is 445 g/mol. The number of ether oxygens (including phenoxy) is 1. The highest BCUT2D eigenvalue weighted by Crippen LogP contribution is 2.46. The zero-order valence-corrected chi connectivity index (χ0v) is 19.7. The van der Waals surface area contributed by atoms with E-state index in [2.05, 4.69) is 29.1 Å². The van der Waals surface area contributed by atoms with Crippen LogP contribution in [0.3, 0.4) is 0 Å². The third-order valence-corrected chi connectivity index (χ3v) is 6.13. The van der Waals surface area contributed by atoms with Crippen molar-refractivity contribution in [3.8, 4) is 10.6 Å². The molecule has 0 saturated carbocycles. The predicted molar refractivity (Wildman–Crippen MR) is 122 cm³/mol. The lowest BCUT2D eigenvalue weighted by atomic mass is 9.87. The molecule has 2 amide bonds. The van der Waals surface area contributed by atoms with Gasteiger partial charge in [0.25, 0.3) is 5.91 Å². The van der Waals surface area contributed by atoms with Crippen LogP contribution in [-0.2, 0) is 16.0 Å². The average molecular weight is 446 g/mol. The van der Waals surface area contributed by atoms with Crippen molar-refractivity contribution in [1.82, 2.24) is 20.1 Å². The van der Waals surface area contributed by atoms with Gasteiger partial charge in [-0.05, 0) is 39.5 Å². The molecular formula is C22H31N5O3S. The highest BCUT2D eigenvalue weighted by atomic mass is 32.1. The van der Waals surface area contributed by atoms with Gasteiger partial charge in [-0.2, -0.15) is 5.10 Å². The molecule has 1 unspecified atom stereocenters. The van der Waals surface area contributed by atoms with Crippen molar-refractivity contribution < 1.29 is 14.3 Å². The number of hydrogen-bond donors (Lipinski definition) is 2. The molecule has 0 saturated heterocycles. The smallest absolute Gasteiger partial charge is 0.272 e. The molecule has 2 aromatic heterocycles. The van der Waals surface area contributed by atoms with E-state index in [1.165, 1.54) is 18.3 Å². The van der Waals surface area contributed by atoms with Crippen molar-refractivity contribution in [3.63, 3.8) is 0 Å². The van der Waals surface area contributed by atoms with Gasteiger partial charge in [0.1, 0.15) is 0 Å². The number of carbonyl (C=O) groups is 2. The van der Waals surface area contributed by atoms with Gasteiger partial charge in [0.05, 0.1) is 28.6 Å². The number of nitrogens with zero attached hydrogens (tertiary/aromatic N) is 3. The minimum absolute atomic E-state index is 0.0780. The highest BCUT2D eigenvalue weighted by Gasteiger charge is 2.35. The van der Waals surface area contributed by atoms with E-state index in [9.17, 15) is 9.59 Å². The molecule has 0 bridgehead atoms. The van der Waals surface area contributed by atoms with E-state index in [-0.39, 0.29) is 23.8 Å². The standard InChI is InChI=1S/C22H31N5O3S/c1-7-30-14(5)9-8-10-23-21(29)18-17-13(4)11-16-20(19(17)27(26-18)12(2)3)31-22(25-16)24-15(6)28/h12-13H,5,7-11H2,1-4,6H3,(H,23,29)(H,24,25,28). The number of anilines is 1. The Labute approximate surface area is 187 Å². The predicted octanol–water partition coefficient (Wildman–Crippen LogP) is 4.27. The first kappa shape index (κ1) is 23.0. The van der Waals surface area contributed by atoms with E-state index in [1.807, 2.05) is 25.5 Å². The summed E-state index contributed by atoms with van der Waals surface area (Å²) in [6, 6.07) is 0.0780. The Hall–Kier alpha value is -2.68. The first-order valence-corrected chi connectivity index (χ1v) is 11.5. The number of amides is 2. The number of thiazole rings is 1. The molecule has 0 fully saturated rings. The molecule has 0 radical (unpaired) electrons. The average Bonchev–Trinajstić information content (AvgIpc) is 3.26. The van der Waals surface area contributed by atoms with Gasteiger partial charge in [0.15, 0.2) is 10.8 Å². The summed E-state index contributed by atoms with van der Waals surface area (Å²) in [7, 11) is 0. The quantitative estimate of drug-likeness (QED) is 0.444. The van der Waals surface area contributed by atoms with Gasteiger partial charge in [-0.15, -0.1) is 0 Å². The Kier molecular flexibility index (Phi) is 7.15. The van der Waals surface area contributed by atoms with Gasteiger partial charge in [-0.1, -0.05) is 24.8 Å². The number of allylic oxidation sites excluding steroid dienone is 1. The van der Waals surface area contributed by atoms with Crippen LogP contribution in [0.5, 0.6) is 0 Å². The van der Waals surface area contributed by atoms with E-state index in [0.717, 1.165) is 34.0 Å². The van der Waals surface area contributed by atoms with E-state index in [1.54, 1.807) is 0 Å². The molecule has 8 nitrogen and oxygen atoms in total. The SMILES string of the molecule is C=C(CCCNC(=O)c1nn(C(C)C)c2c1C(C)Cc1nc(NC(C)=O)sc1-2)OCC. The number of rotatable bonds is 9. The van der Waals surface area contributed by atoms with Gasteiger partial charge < -0.3 is 15.4 Å². The second-order valence-electron chi connectivity index (χ2n) is 8.06. The summed E-state index contributed by atoms with van der Waals surface area (Å²) in [6.07, 6.45) is 2.17. The molecule has 9 heteroatoms. The Balaban J connectivity index is 1.87. The van der Waals surface area contributed by atoms with Crippen molar-refractivity contribution in [2.45, 2.75) is 65.8 Å². The number of fused-ring (bicyclic) bond motifs is 3. The molecule has 2 heterocycles. The zero-order valence-electron chi connectivity index (χ0n) is 18.9. The first-order valence-electron chi connectivity index (χ1n) is 10.7. The Morgan fingerprint density at radius 1 is 1.39 bits per heavy atom. The van der Waals surface area contributed by atoms with Crippen molar-refractivity contribution in [1.29, 1.82) is 0 Å². The summed E-state index contributed by atoms with van der Waals surface area (Å²) in [4.78, 5) is 30.1. The van der Waals surface area contributed by atoms with Crippen LogP contribution in [-0.4, -0.2) is 39.7 Å². The molecular weight excluding hydrogens is 414 g/mol. The maximum absolute atomic E-state index is 13.0. The maximum Gasteiger partial charge on any atom is 0.272 e. The van der Waals surface area contributed by atoms with Crippen molar-refractivity contribution >= 4 is 28.3 Å². The van der Waals surface area contributed by atoms with Gasteiger partial charge >= 0.3 is 0 Å². The summed E-state index contributed by atoms with van der Waals surface area (Å²) < 4.78 is 7.27. The minimum Gasteiger partial charge on any atom is -0.499 e. The van der Waals surface area contributed by atoms with Crippen LogP contribution in [0, 0.1) is 0 Å². The Bertz CT molecular complexity index is 992. The molecule has 3 rings (SSSR count). The Morgan fingerprint density at radius 3 is 2.77 bits per heavy atom. The van der Waals surface area contributed by atoms with Gasteiger partial charge in [-0.25, -0.2) is 4.98 Å². The summed E-state index contributed by atoms with van der Waals surface area (Å²) in [6.45, 7) is 14.6. The summed E-state index contributed by atoms with van der Waals surface area (Å²) in [5, 5.41) is 11.1. The lowest BCUT2D eigenvalue weighted by Crippen LogP contribution is -2.26. The molecule has 0 aliphatic heterocycles. The zero-order chi connectivity index (χ0) is 22.7. The van der Waals surface area contributed by atoms with Crippen molar-refractivity contribution in [2.75, 3.05) is 18.5 Å². The van der Waals surface area contributed by atoms with Crippen LogP contribution >= 0.6 is 11.3 Å². The van der Waals surface area contributed by atoms with Crippen LogP contribution in [0.15, 0.2) is 12.3 Å². The summed E-state index contributed by atoms with van der Waals surface area (Å²) in [5.41, 5.74) is 3.31. The fourth-order valence-electron chi connectivity index (χ4n) is 3.80. The normalized spacial score (nSPS) is 14.7. The number of carbonyl (C=O) groups excluding carboxylic acids is 2. The van der Waals surface area contributed by atoms with E-state index in [4.69, 9.17) is 9.84 Å². The highest BCUT2D eigenvalue weighted by molar-refractivity contribution is 7.19. The molecule has 0 spiro atoms. The molecule has 2 N–H and O–H groups in total. The van der Waals surface area contributed by atoms with Gasteiger partial charge in [0, 0.05) is 31.5 Å². The number of aromatic nitrogens is 3.